The zero-order valence-electron chi connectivity index (χ0n) is 15.5. The second kappa shape index (κ2) is 5.52. The molecule has 2 heterocycles. The minimum atomic E-state index is -0.721. The SMILES string of the molecule is CC1(C)C2=CC(F)=CCC2=C(c2cnc3ccccc3c2)N([O-])C1(C)C. The lowest BCUT2D eigenvalue weighted by Gasteiger charge is -2.61. The van der Waals surface area contributed by atoms with Gasteiger partial charge in [0, 0.05) is 33.8 Å². The molecule has 2 aromatic rings. The van der Waals surface area contributed by atoms with E-state index in [4.69, 9.17) is 0 Å². The molecule has 0 atom stereocenters. The Morgan fingerprint density at radius 3 is 2.65 bits per heavy atom. The van der Waals surface area contributed by atoms with Crippen LogP contribution in [0.15, 0.2) is 65.7 Å². The number of hydrogen-bond donors (Lipinski definition) is 0. The Bertz CT molecular complexity index is 998. The molecule has 0 saturated carbocycles. The van der Waals surface area contributed by atoms with Gasteiger partial charge in [0.05, 0.1) is 5.52 Å². The average molecular weight is 349 g/mol. The summed E-state index contributed by atoms with van der Waals surface area (Å²) >= 11 is 0. The zero-order valence-corrected chi connectivity index (χ0v) is 15.5. The Balaban J connectivity index is 2.00. The van der Waals surface area contributed by atoms with E-state index < -0.39 is 11.0 Å². The van der Waals surface area contributed by atoms with Gasteiger partial charge in [-0.1, -0.05) is 32.0 Å². The molecule has 0 spiro atoms. The highest BCUT2D eigenvalue weighted by Gasteiger charge is 2.47. The van der Waals surface area contributed by atoms with E-state index in [0.717, 1.165) is 32.7 Å². The van der Waals surface area contributed by atoms with Crippen LogP contribution in [0.25, 0.3) is 16.6 Å². The molecule has 0 radical (unpaired) electrons. The molecular formula is C22H22FN2O-. The van der Waals surface area contributed by atoms with Crippen molar-refractivity contribution >= 4 is 16.6 Å². The van der Waals surface area contributed by atoms with Gasteiger partial charge in [-0.2, -0.15) is 0 Å². The fourth-order valence-electron chi connectivity index (χ4n) is 3.85. The first-order chi connectivity index (χ1) is 12.2. The molecule has 1 aromatic carbocycles. The number of benzene rings is 1. The number of halogens is 1. The second-order valence-electron chi connectivity index (χ2n) is 8.07. The van der Waals surface area contributed by atoms with Gasteiger partial charge in [-0.25, -0.2) is 4.39 Å². The van der Waals surface area contributed by atoms with Gasteiger partial charge in [-0.05, 0) is 55.7 Å². The van der Waals surface area contributed by atoms with Crippen LogP contribution in [-0.2, 0) is 0 Å². The van der Waals surface area contributed by atoms with Crippen LogP contribution in [0.4, 0.5) is 4.39 Å². The van der Waals surface area contributed by atoms with Crippen molar-refractivity contribution in [2.45, 2.75) is 39.7 Å². The van der Waals surface area contributed by atoms with Gasteiger partial charge in [-0.3, -0.25) is 4.98 Å². The number of aromatic nitrogens is 1. The molecule has 0 N–H and O–H groups in total. The van der Waals surface area contributed by atoms with E-state index in [9.17, 15) is 9.60 Å². The second-order valence-corrected chi connectivity index (χ2v) is 8.07. The molecule has 0 bridgehead atoms. The summed E-state index contributed by atoms with van der Waals surface area (Å²) in [6.07, 6.45) is 5.28. The highest BCUT2D eigenvalue weighted by Crippen LogP contribution is 2.54. The van der Waals surface area contributed by atoms with Crippen molar-refractivity contribution in [3.05, 3.63) is 76.4 Å². The van der Waals surface area contributed by atoms with Crippen molar-refractivity contribution in [3.8, 4) is 0 Å². The van der Waals surface area contributed by atoms with Crippen LogP contribution in [0.3, 0.4) is 0 Å². The number of nitrogens with zero attached hydrogens (tertiary/aromatic N) is 2. The van der Waals surface area contributed by atoms with E-state index >= 15 is 0 Å². The Hall–Kier alpha value is -2.46. The predicted molar refractivity (Wildman–Crippen MR) is 104 cm³/mol. The van der Waals surface area contributed by atoms with Gasteiger partial charge < -0.3 is 10.3 Å². The van der Waals surface area contributed by atoms with Crippen molar-refractivity contribution in [1.29, 1.82) is 0 Å². The van der Waals surface area contributed by atoms with Crippen molar-refractivity contribution < 1.29 is 4.39 Å². The number of hydroxylamine groups is 2. The summed E-state index contributed by atoms with van der Waals surface area (Å²) in [5.74, 6) is -0.233. The molecule has 0 amide bonds. The fourth-order valence-corrected chi connectivity index (χ4v) is 3.85. The summed E-state index contributed by atoms with van der Waals surface area (Å²) < 4.78 is 14.0. The number of para-hydroxylation sites is 1. The van der Waals surface area contributed by atoms with E-state index in [2.05, 4.69) is 4.98 Å². The zero-order chi connectivity index (χ0) is 18.7. The summed E-state index contributed by atoms with van der Waals surface area (Å²) in [6.45, 7) is 7.86. The molecule has 0 saturated heterocycles. The van der Waals surface area contributed by atoms with E-state index in [1.54, 1.807) is 12.3 Å². The molecule has 4 rings (SSSR count). The highest BCUT2D eigenvalue weighted by molar-refractivity contribution is 5.84. The Labute approximate surface area is 153 Å². The normalized spacial score (nSPS) is 21.4. The number of pyridine rings is 1. The molecule has 4 heteroatoms. The van der Waals surface area contributed by atoms with Crippen LogP contribution < -0.4 is 0 Å². The first-order valence-corrected chi connectivity index (χ1v) is 8.87. The Kier molecular flexibility index (Phi) is 3.60. The summed E-state index contributed by atoms with van der Waals surface area (Å²) in [6, 6.07) is 9.83. The van der Waals surface area contributed by atoms with Crippen molar-refractivity contribution in [3.63, 3.8) is 0 Å². The molecular weight excluding hydrogens is 327 g/mol. The van der Waals surface area contributed by atoms with Crippen LogP contribution in [0.2, 0.25) is 0 Å². The minimum Gasteiger partial charge on any atom is -0.758 e. The highest BCUT2D eigenvalue weighted by atomic mass is 19.1. The number of hydrogen-bond acceptors (Lipinski definition) is 3. The molecule has 134 valence electrons. The lowest BCUT2D eigenvalue weighted by molar-refractivity contribution is 0.112. The van der Waals surface area contributed by atoms with Crippen LogP contribution in [0, 0.1) is 10.6 Å². The molecule has 1 aromatic heterocycles. The van der Waals surface area contributed by atoms with Gasteiger partial charge in [0.1, 0.15) is 5.83 Å². The predicted octanol–water partition coefficient (Wildman–Crippen LogP) is 5.75. The van der Waals surface area contributed by atoms with E-state index in [0.29, 0.717) is 12.1 Å². The van der Waals surface area contributed by atoms with Gasteiger partial charge in [0.15, 0.2) is 0 Å². The lowest BCUT2D eigenvalue weighted by Crippen LogP contribution is -2.55. The third-order valence-corrected chi connectivity index (χ3v) is 6.17. The Morgan fingerprint density at radius 1 is 1.15 bits per heavy atom. The first kappa shape index (κ1) is 17.0. The van der Waals surface area contributed by atoms with E-state index in [1.807, 2.05) is 58.0 Å². The molecule has 1 aliphatic heterocycles. The van der Waals surface area contributed by atoms with Gasteiger partial charge in [0.25, 0.3) is 0 Å². The molecule has 1 aliphatic carbocycles. The third kappa shape index (κ3) is 2.25. The lowest BCUT2D eigenvalue weighted by atomic mass is 9.62. The standard InChI is InChI=1S/C22H22FN2O/c1-21(2)18-12-16(23)9-10-17(18)20(25(26)22(21,3)4)15-11-14-7-5-6-8-19(14)24-13-15/h5-9,11-13H,10H2,1-4H3/q-1. The summed E-state index contributed by atoms with van der Waals surface area (Å²) in [7, 11) is 0. The molecule has 2 aliphatic rings. The van der Waals surface area contributed by atoms with Crippen LogP contribution >= 0.6 is 0 Å². The molecule has 0 fully saturated rings. The maximum absolute atomic E-state index is 14.0. The largest absolute Gasteiger partial charge is 0.758 e. The number of allylic oxidation sites excluding steroid dienone is 4. The summed E-state index contributed by atoms with van der Waals surface area (Å²) in [4.78, 5) is 4.52. The average Bonchev–Trinajstić information content (AvgIpc) is 2.61. The van der Waals surface area contributed by atoms with Gasteiger partial charge in [-0.15, -0.1) is 0 Å². The summed E-state index contributed by atoms with van der Waals surface area (Å²) in [5, 5.41) is 15.5. The van der Waals surface area contributed by atoms with Crippen molar-refractivity contribution in [1.82, 2.24) is 10.0 Å². The topological polar surface area (TPSA) is 39.2 Å². The Morgan fingerprint density at radius 2 is 1.88 bits per heavy atom. The maximum Gasteiger partial charge on any atom is 0.119 e. The first-order valence-electron chi connectivity index (χ1n) is 8.87. The molecule has 26 heavy (non-hydrogen) atoms. The van der Waals surface area contributed by atoms with Crippen LogP contribution in [-0.4, -0.2) is 15.6 Å². The van der Waals surface area contributed by atoms with Gasteiger partial charge >= 0.3 is 0 Å². The van der Waals surface area contributed by atoms with Crippen molar-refractivity contribution in [2.24, 2.45) is 5.41 Å². The smallest absolute Gasteiger partial charge is 0.119 e. The minimum absolute atomic E-state index is 0.233. The number of rotatable bonds is 1. The van der Waals surface area contributed by atoms with E-state index in [1.165, 1.54) is 6.08 Å². The number of fused-ring (bicyclic) bond motifs is 2. The van der Waals surface area contributed by atoms with Gasteiger partial charge in [0.2, 0.25) is 0 Å². The molecule has 0 unspecified atom stereocenters. The molecule has 3 nitrogen and oxygen atoms in total. The van der Waals surface area contributed by atoms with Crippen LogP contribution in [0.5, 0.6) is 0 Å². The monoisotopic (exact) mass is 349 g/mol. The fraction of sp³-hybridized carbons (Fsp3) is 0.318. The quantitative estimate of drug-likeness (QED) is 0.658. The van der Waals surface area contributed by atoms with Crippen molar-refractivity contribution in [2.75, 3.05) is 0 Å². The van der Waals surface area contributed by atoms with Crippen LogP contribution in [0.1, 0.15) is 39.7 Å². The third-order valence-electron chi connectivity index (χ3n) is 6.17. The van der Waals surface area contributed by atoms with E-state index in [-0.39, 0.29) is 5.83 Å². The summed E-state index contributed by atoms with van der Waals surface area (Å²) in [5.41, 5.74) is 2.85. The maximum atomic E-state index is 14.0.